The number of hydrogen-bond donors (Lipinski definition) is 2. The third kappa shape index (κ3) is 1.89. The quantitative estimate of drug-likeness (QED) is 0.572. The van der Waals surface area contributed by atoms with Gasteiger partial charge in [0, 0.05) is 12.3 Å². The highest BCUT2D eigenvalue weighted by molar-refractivity contribution is 6.00. The van der Waals surface area contributed by atoms with Crippen molar-refractivity contribution in [1.82, 2.24) is 14.6 Å². The number of nitrogens with two attached hydrogens (primary N) is 1. The standard InChI is InChI=1S/C10H10N4O3/c1-2-5-17-10(16)7-8(11)13-14-4-3-6(15)12-9(7)14/h2-4H,1,5H2,(H2,11,13)(H,12,15). The first kappa shape index (κ1) is 10.9. The van der Waals surface area contributed by atoms with Crippen molar-refractivity contribution in [1.29, 1.82) is 0 Å². The Bertz CT molecular complexity index is 641. The number of nitrogens with one attached hydrogen (secondary N) is 1. The number of H-pyrrole nitrogens is 1. The first-order chi connectivity index (χ1) is 8.13. The van der Waals surface area contributed by atoms with Gasteiger partial charge in [0.25, 0.3) is 5.56 Å². The molecule has 88 valence electrons. The van der Waals surface area contributed by atoms with Crippen LogP contribution in [0.2, 0.25) is 0 Å². The molecule has 2 rings (SSSR count). The molecule has 0 amide bonds. The van der Waals surface area contributed by atoms with Gasteiger partial charge in [-0.3, -0.25) is 4.79 Å². The topological polar surface area (TPSA) is 102 Å². The van der Waals surface area contributed by atoms with E-state index < -0.39 is 5.97 Å². The van der Waals surface area contributed by atoms with E-state index in [-0.39, 0.29) is 29.2 Å². The molecule has 2 heterocycles. The van der Waals surface area contributed by atoms with E-state index in [4.69, 9.17) is 10.5 Å². The first-order valence-electron chi connectivity index (χ1n) is 4.78. The van der Waals surface area contributed by atoms with Gasteiger partial charge in [-0.05, 0) is 0 Å². The summed E-state index contributed by atoms with van der Waals surface area (Å²) < 4.78 is 6.16. The van der Waals surface area contributed by atoms with E-state index in [1.807, 2.05) is 0 Å². The molecule has 2 aromatic heterocycles. The van der Waals surface area contributed by atoms with Crippen LogP contribution in [0.3, 0.4) is 0 Å². The van der Waals surface area contributed by atoms with Gasteiger partial charge in [0.05, 0.1) is 0 Å². The highest BCUT2D eigenvalue weighted by atomic mass is 16.5. The Balaban J connectivity index is 2.55. The molecule has 0 aromatic carbocycles. The number of carbonyl (C=O) groups is 1. The van der Waals surface area contributed by atoms with Gasteiger partial charge in [-0.25, -0.2) is 9.31 Å². The predicted octanol–water partition coefficient (Wildman–Crippen LogP) is -0.0524. The maximum absolute atomic E-state index is 11.7. The lowest BCUT2D eigenvalue weighted by atomic mass is 10.3. The zero-order valence-corrected chi connectivity index (χ0v) is 8.84. The highest BCUT2D eigenvalue weighted by Gasteiger charge is 2.19. The number of ether oxygens (including phenoxy) is 1. The van der Waals surface area contributed by atoms with Crippen LogP contribution in [-0.2, 0) is 4.74 Å². The summed E-state index contributed by atoms with van der Waals surface area (Å²) >= 11 is 0. The second kappa shape index (κ2) is 4.12. The van der Waals surface area contributed by atoms with Crippen LogP contribution in [0, 0.1) is 0 Å². The van der Waals surface area contributed by atoms with Gasteiger partial charge >= 0.3 is 5.97 Å². The van der Waals surface area contributed by atoms with E-state index >= 15 is 0 Å². The lowest BCUT2D eigenvalue weighted by Crippen LogP contribution is -2.11. The molecule has 3 N–H and O–H groups in total. The maximum atomic E-state index is 11.7. The van der Waals surface area contributed by atoms with Crippen LogP contribution in [-0.4, -0.2) is 27.2 Å². The molecule has 0 spiro atoms. The van der Waals surface area contributed by atoms with E-state index in [1.165, 1.54) is 22.9 Å². The Kier molecular flexibility index (Phi) is 2.65. The zero-order valence-electron chi connectivity index (χ0n) is 8.84. The molecule has 0 bridgehead atoms. The summed E-state index contributed by atoms with van der Waals surface area (Å²) in [6.07, 6.45) is 2.84. The number of aromatic nitrogens is 3. The molecule has 0 unspecified atom stereocenters. The monoisotopic (exact) mass is 234 g/mol. The van der Waals surface area contributed by atoms with Crippen molar-refractivity contribution in [2.75, 3.05) is 12.3 Å². The third-order valence-electron chi connectivity index (χ3n) is 2.08. The first-order valence-corrected chi connectivity index (χ1v) is 4.78. The minimum Gasteiger partial charge on any atom is -0.458 e. The van der Waals surface area contributed by atoms with Gasteiger partial charge in [-0.15, -0.1) is 5.10 Å². The van der Waals surface area contributed by atoms with Gasteiger partial charge < -0.3 is 15.5 Å². The van der Waals surface area contributed by atoms with E-state index in [0.29, 0.717) is 0 Å². The summed E-state index contributed by atoms with van der Waals surface area (Å²) in [5.74, 6) is -0.653. The normalized spacial score (nSPS) is 10.4. The molecule has 17 heavy (non-hydrogen) atoms. The van der Waals surface area contributed by atoms with Gasteiger partial charge in [-0.2, -0.15) is 0 Å². The summed E-state index contributed by atoms with van der Waals surface area (Å²) in [5, 5.41) is 3.88. The number of anilines is 1. The molecule has 2 aromatic rings. The molecular formula is C10H10N4O3. The van der Waals surface area contributed by atoms with Crippen LogP contribution in [0.4, 0.5) is 5.82 Å². The molecule has 0 aliphatic carbocycles. The lowest BCUT2D eigenvalue weighted by molar-refractivity contribution is 0.0553. The molecule has 0 fully saturated rings. The number of nitrogens with zero attached hydrogens (tertiary/aromatic N) is 2. The van der Waals surface area contributed by atoms with Crippen molar-refractivity contribution in [3.05, 3.63) is 40.8 Å². The smallest absolute Gasteiger partial charge is 0.346 e. The van der Waals surface area contributed by atoms with Crippen LogP contribution in [0.25, 0.3) is 5.65 Å². The van der Waals surface area contributed by atoms with Crippen molar-refractivity contribution < 1.29 is 9.53 Å². The summed E-state index contributed by atoms with van der Waals surface area (Å²) in [6, 6.07) is 1.28. The highest BCUT2D eigenvalue weighted by Crippen LogP contribution is 2.15. The number of fused-ring (bicyclic) bond motifs is 1. The second-order valence-electron chi connectivity index (χ2n) is 3.25. The SMILES string of the molecule is C=CCOC(=O)c1c(N)nn2ccc(=O)[nH]c12. The largest absolute Gasteiger partial charge is 0.458 e. The fourth-order valence-electron chi connectivity index (χ4n) is 1.38. The third-order valence-corrected chi connectivity index (χ3v) is 2.08. The molecular weight excluding hydrogens is 224 g/mol. The van der Waals surface area contributed by atoms with Crippen LogP contribution in [0.1, 0.15) is 10.4 Å². The molecule has 0 radical (unpaired) electrons. The predicted molar refractivity (Wildman–Crippen MR) is 60.7 cm³/mol. The molecule has 7 heteroatoms. The number of nitrogen functional groups attached to an aromatic ring is 1. The zero-order chi connectivity index (χ0) is 12.4. The fraction of sp³-hybridized carbons (Fsp3) is 0.100. The van der Waals surface area contributed by atoms with Crippen LogP contribution < -0.4 is 11.3 Å². The average Bonchev–Trinajstić information content (AvgIpc) is 2.61. The summed E-state index contributed by atoms with van der Waals surface area (Å²) in [5.41, 5.74) is 5.50. The van der Waals surface area contributed by atoms with E-state index in [1.54, 1.807) is 0 Å². The van der Waals surface area contributed by atoms with Gasteiger partial charge in [0.1, 0.15) is 12.2 Å². The van der Waals surface area contributed by atoms with Crippen molar-refractivity contribution in [3.63, 3.8) is 0 Å². The van der Waals surface area contributed by atoms with Crippen LogP contribution in [0.15, 0.2) is 29.7 Å². The minimum absolute atomic E-state index is 0.000845. The molecule has 0 saturated carbocycles. The molecule has 0 saturated heterocycles. The number of aromatic amines is 1. The average molecular weight is 234 g/mol. The molecule has 7 nitrogen and oxygen atoms in total. The fourth-order valence-corrected chi connectivity index (χ4v) is 1.38. The van der Waals surface area contributed by atoms with Crippen LogP contribution >= 0.6 is 0 Å². The van der Waals surface area contributed by atoms with Gasteiger partial charge in [0.15, 0.2) is 11.5 Å². The Morgan fingerprint density at radius 1 is 1.71 bits per heavy atom. The Morgan fingerprint density at radius 3 is 3.18 bits per heavy atom. The Labute approximate surface area is 95.5 Å². The van der Waals surface area contributed by atoms with Crippen LogP contribution in [0.5, 0.6) is 0 Å². The van der Waals surface area contributed by atoms with Gasteiger partial charge in [-0.1, -0.05) is 12.7 Å². The maximum Gasteiger partial charge on any atom is 0.346 e. The molecule has 0 atom stereocenters. The van der Waals surface area contributed by atoms with E-state index in [2.05, 4.69) is 16.7 Å². The van der Waals surface area contributed by atoms with E-state index in [9.17, 15) is 9.59 Å². The summed E-state index contributed by atoms with van der Waals surface area (Å²) in [7, 11) is 0. The lowest BCUT2D eigenvalue weighted by Gasteiger charge is -2.00. The second-order valence-corrected chi connectivity index (χ2v) is 3.25. The molecule has 0 aliphatic rings. The number of hydrogen-bond acceptors (Lipinski definition) is 5. The van der Waals surface area contributed by atoms with Gasteiger partial charge in [0.2, 0.25) is 0 Å². The van der Waals surface area contributed by atoms with Crippen molar-refractivity contribution in [2.24, 2.45) is 0 Å². The number of carbonyl (C=O) groups excluding carboxylic acids is 1. The summed E-state index contributed by atoms with van der Waals surface area (Å²) in [6.45, 7) is 3.49. The summed E-state index contributed by atoms with van der Waals surface area (Å²) in [4.78, 5) is 25.3. The Morgan fingerprint density at radius 2 is 2.47 bits per heavy atom. The minimum atomic E-state index is -0.653. The molecule has 0 aliphatic heterocycles. The van der Waals surface area contributed by atoms with Crippen molar-refractivity contribution >= 4 is 17.4 Å². The van der Waals surface area contributed by atoms with E-state index in [0.717, 1.165) is 0 Å². The van der Waals surface area contributed by atoms with Crippen molar-refractivity contribution in [3.8, 4) is 0 Å². The Hall–Kier alpha value is -2.57. The van der Waals surface area contributed by atoms with Crippen molar-refractivity contribution in [2.45, 2.75) is 0 Å². The number of rotatable bonds is 3. The number of esters is 1.